The Morgan fingerprint density at radius 1 is 1.18 bits per heavy atom. The van der Waals surface area contributed by atoms with Gasteiger partial charge >= 0.3 is 0 Å². The Bertz CT molecular complexity index is 833. The van der Waals surface area contributed by atoms with Gasteiger partial charge in [0.25, 0.3) is 5.91 Å². The van der Waals surface area contributed by atoms with Gasteiger partial charge in [-0.25, -0.2) is 4.68 Å². The number of nitrogens with zero attached hydrogens (tertiary/aromatic N) is 5. The normalized spacial score (nSPS) is 9.95. The molecule has 1 amide bonds. The fraction of sp³-hybridized carbons (Fsp3) is 0. The van der Waals surface area contributed by atoms with Crippen LogP contribution in [0.4, 0.5) is 5.69 Å². The molecule has 7 heteroatoms. The maximum absolute atomic E-state index is 12.2. The van der Waals surface area contributed by atoms with Crippen LogP contribution < -0.4 is 5.32 Å². The molecule has 0 aliphatic rings. The van der Waals surface area contributed by atoms with E-state index in [-0.39, 0.29) is 5.91 Å². The molecule has 0 aliphatic heterocycles. The van der Waals surface area contributed by atoms with Crippen molar-refractivity contribution >= 4 is 11.6 Å². The van der Waals surface area contributed by atoms with Crippen LogP contribution in [-0.2, 0) is 0 Å². The second-order valence-electron chi connectivity index (χ2n) is 4.45. The molecule has 0 atom stereocenters. The van der Waals surface area contributed by atoms with Crippen molar-refractivity contribution in [3.63, 3.8) is 0 Å². The lowest BCUT2D eigenvalue weighted by Crippen LogP contribution is -2.12. The number of nitriles is 1. The van der Waals surface area contributed by atoms with Crippen LogP contribution in [0.3, 0.4) is 0 Å². The van der Waals surface area contributed by atoms with E-state index >= 15 is 0 Å². The Morgan fingerprint density at radius 2 is 2.00 bits per heavy atom. The van der Waals surface area contributed by atoms with E-state index in [1.807, 2.05) is 12.1 Å². The second kappa shape index (κ2) is 5.85. The number of benzene rings is 2. The summed E-state index contributed by atoms with van der Waals surface area (Å²) in [5.41, 5.74) is 2.36. The molecule has 1 aromatic heterocycles. The zero-order valence-electron chi connectivity index (χ0n) is 11.3. The van der Waals surface area contributed by atoms with Gasteiger partial charge in [0.2, 0.25) is 0 Å². The summed E-state index contributed by atoms with van der Waals surface area (Å²) in [4.78, 5) is 12.2. The topological polar surface area (TPSA) is 96.5 Å². The Morgan fingerprint density at radius 3 is 2.68 bits per heavy atom. The molecule has 0 saturated carbocycles. The molecule has 22 heavy (non-hydrogen) atoms. The van der Waals surface area contributed by atoms with Crippen LogP contribution in [-0.4, -0.2) is 26.1 Å². The number of amides is 1. The Kier molecular flexibility index (Phi) is 3.58. The van der Waals surface area contributed by atoms with Gasteiger partial charge in [-0.15, -0.1) is 5.10 Å². The van der Waals surface area contributed by atoms with E-state index < -0.39 is 0 Å². The predicted octanol–water partition coefficient (Wildman–Crippen LogP) is 1.79. The van der Waals surface area contributed by atoms with Gasteiger partial charge in [-0.1, -0.05) is 6.07 Å². The summed E-state index contributed by atoms with van der Waals surface area (Å²) in [5, 5.41) is 22.5. The van der Waals surface area contributed by atoms with Crippen LogP contribution in [0.5, 0.6) is 0 Å². The molecule has 7 nitrogen and oxygen atoms in total. The molecule has 3 rings (SSSR count). The van der Waals surface area contributed by atoms with Crippen molar-refractivity contribution < 1.29 is 4.79 Å². The van der Waals surface area contributed by atoms with E-state index in [1.54, 1.807) is 42.5 Å². The molecule has 0 aliphatic carbocycles. The summed E-state index contributed by atoms with van der Waals surface area (Å²) in [6.07, 6.45) is 1.47. The van der Waals surface area contributed by atoms with Gasteiger partial charge in [0.05, 0.1) is 17.3 Å². The molecule has 1 heterocycles. The minimum Gasteiger partial charge on any atom is -0.322 e. The molecular formula is C15H10N6O. The molecule has 0 radical (unpaired) electrons. The number of nitrogens with one attached hydrogen (secondary N) is 1. The Hall–Kier alpha value is -3.53. The molecule has 0 spiro atoms. The second-order valence-corrected chi connectivity index (χ2v) is 4.45. The van der Waals surface area contributed by atoms with Crippen molar-refractivity contribution in [1.29, 1.82) is 5.26 Å². The van der Waals surface area contributed by atoms with E-state index in [0.29, 0.717) is 16.8 Å². The molecule has 0 unspecified atom stereocenters. The third kappa shape index (κ3) is 2.81. The van der Waals surface area contributed by atoms with Crippen molar-refractivity contribution in [3.8, 4) is 11.8 Å². The quantitative estimate of drug-likeness (QED) is 0.793. The number of rotatable bonds is 3. The zero-order valence-corrected chi connectivity index (χ0v) is 11.3. The number of carbonyl (C=O) groups excluding carboxylic acids is 1. The van der Waals surface area contributed by atoms with Gasteiger partial charge in [0.1, 0.15) is 6.33 Å². The number of anilines is 1. The van der Waals surface area contributed by atoms with Crippen molar-refractivity contribution in [2.45, 2.75) is 0 Å². The monoisotopic (exact) mass is 290 g/mol. The van der Waals surface area contributed by atoms with Crippen molar-refractivity contribution in [1.82, 2.24) is 20.2 Å². The van der Waals surface area contributed by atoms with E-state index in [2.05, 4.69) is 20.8 Å². The van der Waals surface area contributed by atoms with Crippen molar-refractivity contribution in [2.75, 3.05) is 5.32 Å². The van der Waals surface area contributed by atoms with Crippen LogP contribution in [0.25, 0.3) is 5.69 Å². The summed E-state index contributed by atoms with van der Waals surface area (Å²) in [6, 6.07) is 15.6. The van der Waals surface area contributed by atoms with E-state index in [1.165, 1.54) is 11.0 Å². The average Bonchev–Trinajstić information content (AvgIpc) is 3.10. The zero-order chi connectivity index (χ0) is 15.4. The Labute approximate surface area is 125 Å². The van der Waals surface area contributed by atoms with Crippen LogP contribution in [0.15, 0.2) is 54.9 Å². The third-order valence-corrected chi connectivity index (χ3v) is 2.99. The first-order chi connectivity index (χ1) is 10.8. The van der Waals surface area contributed by atoms with E-state index in [9.17, 15) is 4.79 Å². The Balaban J connectivity index is 1.79. The van der Waals surface area contributed by atoms with Crippen molar-refractivity contribution in [2.24, 2.45) is 0 Å². The SMILES string of the molecule is N#Cc1ccc(C(=O)Nc2cccc(-n3cnnn3)c2)cc1. The first-order valence-electron chi connectivity index (χ1n) is 6.41. The van der Waals surface area contributed by atoms with Gasteiger partial charge in [-0.3, -0.25) is 4.79 Å². The molecule has 2 aromatic carbocycles. The van der Waals surface area contributed by atoms with Gasteiger partial charge in [0, 0.05) is 11.3 Å². The maximum atomic E-state index is 12.2. The number of tetrazole rings is 1. The summed E-state index contributed by atoms with van der Waals surface area (Å²) < 4.78 is 1.50. The van der Waals surface area contributed by atoms with E-state index in [4.69, 9.17) is 5.26 Å². The average molecular weight is 290 g/mol. The lowest BCUT2D eigenvalue weighted by Gasteiger charge is -2.07. The first-order valence-corrected chi connectivity index (χ1v) is 6.41. The van der Waals surface area contributed by atoms with Gasteiger partial charge < -0.3 is 5.32 Å². The van der Waals surface area contributed by atoms with Gasteiger partial charge in [-0.05, 0) is 52.9 Å². The molecule has 0 saturated heterocycles. The first kappa shape index (κ1) is 13.5. The minimum atomic E-state index is -0.252. The highest BCUT2D eigenvalue weighted by atomic mass is 16.1. The summed E-state index contributed by atoms with van der Waals surface area (Å²) in [5.74, 6) is -0.252. The lowest BCUT2D eigenvalue weighted by molar-refractivity contribution is 0.102. The van der Waals surface area contributed by atoms with Gasteiger partial charge in [0.15, 0.2) is 0 Å². The lowest BCUT2D eigenvalue weighted by atomic mass is 10.1. The molecule has 3 aromatic rings. The van der Waals surface area contributed by atoms with Crippen molar-refractivity contribution in [3.05, 3.63) is 66.0 Å². The number of hydrogen-bond donors (Lipinski definition) is 1. The van der Waals surface area contributed by atoms with E-state index in [0.717, 1.165) is 5.69 Å². The predicted molar refractivity (Wildman–Crippen MR) is 78.3 cm³/mol. The maximum Gasteiger partial charge on any atom is 0.255 e. The fourth-order valence-corrected chi connectivity index (χ4v) is 1.91. The van der Waals surface area contributed by atoms with Crippen LogP contribution >= 0.6 is 0 Å². The van der Waals surface area contributed by atoms with Crippen LogP contribution in [0.1, 0.15) is 15.9 Å². The molecule has 106 valence electrons. The smallest absolute Gasteiger partial charge is 0.255 e. The standard InChI is InChI=1S/C15H10N6O/c16-9-11-4-6-12(7-5-11)15(22)18-13-2-1-3-14(8-13)21-10-17-19-20-21/h1-8,10H,(H,18,22). The highest BCUT2D eigenvalue weighted by Crippen LogP contribution is 2.14. The van der Waals surface area contributed by atoms with Crippen LogP contribution in [0.2, 0.25) is 0 Å². The number of hydrogen-bond acceptors (Lipinski definition) is 5. The molecule has 0 fully saturated rings. The summed E-state index contributed by atoms with van der Waals surface area (Å²) >= 11 is 0. The third-order valence-electron chi connectivity index (χ3n) is 2.99. The molecule has 1 N–H and O–H groups in total. The number of aromatic nitrogens is 4. The largest absolute Gasteiger partial charge is 0.322 e. The molecule has 0 bridgehead atoms. The minimum absolute atomic E-state index is 0.252. The molecular weight excluding hydrogens is 280 g/mol. The summed E-state index contributed by atoms with van der Waals surface area (Å²) in [6.45, 7) is 0. The van der Waals surface area contributed by atoms with Gasteiger partial charge in [-0.2, -0.15) is 5.26 Å². The number of carbonyl (C=O) groups is 1. The van der Waals surface area contributed by atoms with Crippen LogP contribution in [0, 0.1) is 11.3 Å². The summed E-state index contributed by atoms with van der Waals surface area (Å²) in [7, 11) is 0. The highest BCUT2D eigenvalue weighted by molar-refractivity contribution is 6.04. The fourth-order valence-electron chi connectivity index (χ4n) is 1.91. The highest BCUT2D eigenvalue weighted by Gasteiger charge is 2.07.